The van der Waals surface area contributed by atoms with E-state index in [1.54, 1.807) is 12.5 Å². The molecule has 0 bridgehead atoms. The Labute approximate surface area is 149 Å². The zero-order valence-corrected chi connectivity index (χ0v) is 15.0. The number of benzene rings is 1. The first-order valence-corrected chi connectivity index (χ1v) is 8.97. The molecule has 25 heavy (non-hydrogen) atoms. The molecular formula is C20H26N2O3. The highest BCUT2D eigenvalue weighted by Gasteiger charge is 2.39. The fourth-order valence-electron chi connectivity index (χ4n) is 3.28. The van der Waals surface area contributed by atoms with Gasteiger partial charge in [-0.1, -0.05) is 36.8 Å². The Morgan fingerprint density at radius 1 is 1.28 bits per heavy atom. The summed E-state index contributed by atoms with van der Waals surface area (Å²) < 4.78 is 13.1. The number of imidazole rings is 1. The van der Waals surface area contributed by atoms with E-state index in [4.69, 9.17) is 9.47 Å². The van der Waals surface area contributed by atoms with Crippen molar-refractivity contribution in [2.75, 3.05) is 19.8 Å². The number of esters is 1. The number of rotatable bonds is 8. The van der Waals surface area contributed by atoms with Crippen molar-refractivity contribution < 1.29 is 14.3 Å². The van der Waals surface area contributed by atoms with Crippen LogP contribution in [0.15, 0.2) is 42.9 Å². The second-order valence-corrected chi connectivity index (χ2v) is 6.84. The number of carbonyl (C=O) groups excluding carboxylic acids is 1. The normalized spacial score (nSPS) is 16.9. The summed E-state index contributed by atoms with van der Waals surface area (Å²) in [4.78, 5) is 16.8. The van der Waals surface area contributed by atoms with Gasteiger partial charge in [-0.25, -0.2) is 9.78 Å². The lowest BCUT2D eigenvalue weighted by Gasteiger charge is -2.40. The lowest BCUT2D eigenvalue weighted by molar-refractivity contribution is -0.0501. The molecule has 1 heterocycles. The first kappa shape index (κ1) is 17.7. The van der Waals surface area contributed by atoms with E-state index in [1.165, 1.54) is 6.42 Å². The minimum Gasteiger partial charge on any atom is -0.460 e. The quantitative estimate of drug-likeness (QED) is 0.684. The van der Waals surface area contributed by atoms with E-state index in [0.29, 0.717) is 25.5 Å². The Balaban J connectivity index is 1.66. The summed E-state index contributed by atoms with van der Waals surface area (Å²) in [6.07, 6.45) is 6.55. The smallest absolute Gasteiger partial charge is 0.356 e. The maximum absolute atomic E-state index is 12.6. The minimum absolute atomic E-state index is 0.00156. The lowest BCUT2D eigenvalue weighted by Crippen LogP contribution is -2.39. The summed E-state index contributed by atoms with van der Waals surface area (Å²) in [5.41, 5.74) is 1.62. The van der Waals surface area contributed by atoms with Crippen molar-refractivity contribution in [1.82, 2.24) is 9.55 Å². The van der Waals surface area contributed by atoms with Crippen LogP contribution in [0.25, 0.3) is 0 Å². The predicted octanol–water partition coefficient (Wildman–Crippen LogP) is 3.86. The summed E-state index contributed by atoms with van der Waals surface area (Å²) in [5.74, 6) is -0.317. The van der Waals surface area contributed by atoms with Crippen LogP contribution in [0.1, 0.15) is 55.2 Å². The monoisotopic (exact) mass is 342 g/mol. The van der Waals surface area contributed by atoms with Crippen LogP contribution in [-0.2, 0) is 9.47 Å². The van der Waals surface area contributed by atoms with E-state index in [1.807, 2.05) is 41.8 Å². The lowest BCUT2D eigenvalue weighted by atomic mass is 9.70. The zero-order valence-electron chi connectivity index (χ0n) is 15.0. The van der Waals surface area contributed by atoms with E-state index < -0.39 is 0 Å². The van der Waals surface area contributed by atoms with Gasteiger partial charge in [0.25, 0.3) is 0 Å². The molecule has 0 radical (unpaired) electrons. The first-order chi connectivity index (χ1) is 12.2. The molecule has 0 N–H and O–H groups in total. The third-order valence-corrected chi connectivity index (χ3v) is 5.11. The number of hydrogen-bond donors (Lipinski definition) is 0. The third kappa shape index (κ3) is 3.93. The Morgan fingerprint density at radius 2 is 2.04 bits per heavy atom. The average Bonchev–Trinajstić information content (AvgIpc) is 3.10. The zero-order chi connectivity index (χ0) is 17.7. The van der Waals surface area contributed by atoms with Crippen molar-refractivity contribution in [3.63, 3.8) is 0 Å². The molecule has 1 aliphatic rings. The van der Waals surface area contributed by atoms with Gasteiger partial charge in [0.1, 0.15) is 5.69 Å². The summed E-state index contributed by atoms with van der Waals surface area (Å²) >= 11 is 0. The van der Waals surface area contributed by atoms with Crippen LogP contribution in [0.3, 0.4) is 0 Å². The summed E-state index contributed by atoms with van der Waals surface area (Å²) in [5, 5.41) is 0. The van der Waals surface area contributed by atoms with Crippen LogP contribution >= 0.6 is 0 Å². The average molecular weight is 342 g/mol. The molecule has 1 fully saturated rings. The van der Waals surface area contributed by atoms with Gasteiger partial charge in [0.15, 0.2) is 0 Å². The molecule has 1 atom stereocenters. The van der Waals surface area contributed by atoms with Crippen molar-refractivity contribution in [3.8, 4) is 0 Å². The summed E-state index contributed by atoms with van der Waals surface area (Å²) in [6, 6.07) is 10.1. The van der Waals surface area contributed by atoms with Crippen LogP contribution in [-0.4, -0.2) is 35.3 Å². The summed E-state index contributed by atoms with van der Waals surface area (Å²) in [7, 11) is 0. The molecule has 1 aliphatic carbocycles. The molecule has 0 saturated heterocycles. The summed E-state index contributed by atoms with van der Waals surface area (Å²) in [6.45, 7) is 5.81. The molecule has 1 aromatic carbocycles. The van der Waals surface area contributed by atoms with Gasteiger partial charge >= 0.3 is 5.97 Å². The van der Waals surface area contributed by atoms with Gasteiger partial charge in [-0.15, -0.1) is 0 Å². The van der Waals surface area contributed by atoms with Crippen molar-refractivity contribution >= 4 is 5.97 Å². The SMILES string of the molecule is CCOCC1(COC(=O)c2cncn2[C@H](C)c2ccccc2)CCC1. The molecule has 0 unspecified atom stereocenters. The molecule has 2 aromatic rings. The molecule has 5 nitrogen and oxygen atoms in total. The second-order valence-electron chi connectivity index (χ2n) is 6.84. The van der Waals surface area contributed by atoms with Crippen LogP contribution in [0.4, 0.5) is 0 Å². The van der Waals surface area contributed by atoms with Gasteiger partial charge in [0, 0.05) is 12.0 Å². The predicted molar refractivity (Wildman–Crippen MR) is 95.5 cm³/mol. The Morgan fingerprint density at radius 3 is 2.68 bits per heavy atom. The third-order valence-electron chi connectivity index (χ3n) is 5.11. The number of aromatic nitrogens is 2. The number of nitrogens with zero attached hydrogens (tertiary/aromatic N) is 2. The molecule has 3 rings (SSSR count). The van der Waals surface area contributed by atoms with Crippen molar-refractivity contribution in [2.45, 2.75) is 39.2 Å². The molecule has 134 valence electrons. The van der Waals surface area contributed by atoms with Gasteiger partial charge in [0.05, 0.1) is 31.8 Å². The minimum atomic E-state index is -0.317. The fraction of sp³-hybridized carbons (Fsp3) is 0.500. The Bertz CT molecular complexity index is 692. The van der Waals surface area contributed by atoms with Crippen LogP contribution < -0.4 is 0 Å². The first-order valence-electron chi connectivity index (χ1n) is 8.97. The Kier molecular flexibility index (Phi) is 5.53. The van der Waals surface area contributed by atoms with Gasteiger partial charge in [-0.2, -0.15) is 0 Å². The van der Waals surface area contributed by atoms with E-state index in [2.05, 4.69) is 11.9 Å². The van der Waals surface area contributed by atoms with E-state index >= 15 is 0 Å². The highest BCUT2D eigenvalue weighted by molar-refractivity contribution is 5.87. The van der Waals surface area contributed by atoms with Crippen LogP contribution in [0.5, 0.6) is 0 Å². The molecule has 0 spiro atoms. The molecule has 0 aliphatic heterocycles. The largest absolute Gasteiger partial charge is 0.460 e. The van der Waals surface area contributed by atoms with Gasteiger partial charge < -0.3 is 14.0 Å². The van der Waals surface area contributed by atoms with Crippen molar-refractivity contribution in [3.05, 3.63) is 54.1 Å². The second kappa shape index (κ2) is 7.83. The number of carbonyl (C=O) groups is 1. The van der Waals surface area contributed by atoms with Crippen molar-refractivity contribution in [2.24, 2.45) is 5.41 Å². The van der Waals surface area contributed by atoms with E-state index in [0.717, 1.165) is 18.4 Å². The van der Waals surface area contributed by atoms with E-state index in [-0.39, 0.29) is 17.4 Å². The maximum Gasteiger partial charge on any atom is 0.356 e. The highest BCUT2D eigenvalue weighted by atomic mass is 16.5. The standard InChI is InChI=1S/C20H26N2O3/c1-3-24-13-20(10-7-11-20)14-25-19(23)18-12-21-15-22(18)16(2)17-8-5-4-6-9-17/h4-6,8-9,12,15-16H,3,7,10-11,13-14H2,1-2H3/t16-/m1/s1. The molecule has 5 heteroatoms. The van der Waals surface area contributed by atoms with Crippen LogP contribution in [0.2, 0.25) is 0 Å². The molecule has 0 amide bonds. The number of ether oxygens (including phenoxy) is 2. The maximum atomic E-state index is 12.6. The molecule has 1 saturated carbocycles. The van der Waals surface area contributed by atoms with Crippen molar-refractivity contribution in [1.29, 1.82) is 0 Å². The van der Waals surface area contributed by atoms with E-state index in [9.17, 15) is 4.79 Å². The molecule has 1 aromatic heterocycles. The molecular weight excluding hydrogens is 316 g/mol. The fourth-order valence-corrected chi connectivity index (χ4v) is 3.28. The number of hydrogen-bond acceptors (Lipinski definition) is 4. The topological polar surface area (TPSA) is 53.4 Å². The van der Waals surface area contributed by atoms with Gasteiger partial charge in [0.2, 0.25) is 0 Å². The Hall–Kier alpha value is -2.14. The highest BCUT2D eigenvalue weighted by Crippen LogP contribution is 2.41. The van der Waals surface area contributed by atoms with Crippen LogP contribution in [0, 0.1) is 5.41 Å². The van der Waals surface area contributed by atoms with Gasteiger partial charge in [-0.05, 0) is 32.3 Å². The van der Waals surface area contributed by atoms with Gasteiger partial charge in [-0.3, -0.25) is 0 Å².